The molecule has 0 radical (unpaired) electrons. The van der Waals surface area contributed by atoms with Crippen LogP contribution < -0.4 is 10.1 Å². The monoisotopic (exact) mass is 352 g/mol. The van der Waals surface area contributed by atoms with Gasteiger partial charge in [-0.15, -0.1) is 11.3 Å². The Morgan fingerprint density at radius 2 is 1.84 bits per heavy atom. The number of anilines is 1. The first-order valence-electron chi connectivity index (χ1n) is 8.04. The fourth-order valence-corrected chi connectivity index (χ4v) is 3.27. The smallest absolute Gasteiger partial charge is 0.262 e. The maximum atomic E-state index is 12.3. The molecule has 128 valence electrons. The van der Waals surface area contributed by atoms with Crippen LogP contribution >= 0.6 is 11.3 Å². The van der Waals surface area contributed by atoms with E-state index in [4.69, 9.17) is 4.74 Å². The summed E-state index contributed by atoms with van der Waals surface area (Å²) in [5, 5.41) is 5.91. The van der Waals surface area contributed by atoms with Gasteiger partial charge in [-0.25, -0.2) is 4.98 Å². The Morgan fingerprint density at radius 1 is 1.12 bits per heavy atom. The van der Waals surface area contributed by atoms with Gasteiger partial charge in [-0.05, 0) is 50.1 Å². The van der Waals surface area contributed by atoms with Gasteiger partial charge < -0.3 is 10.1 Å². The SMILES string of the molecule is Cc1cc(C)cc(OCC(=O)Nc2ccccc2-c2csc(C)n2)c1. The maximum Gasteiger partial charge on any atom is 0.262 e. The number of ether oxygens (including phenoxy) is 1. The largest absolute Gasteiger partial charge is 0.484 e. The Bertz CT molecular complexity index is 882. The number of hydrogen-bond acceptors (Lipinski definition) is 4. The highest BCUT2D eigenvalue weighted by Crippen LogP contribution is 2.28. The molecule has 0 unspecified atom stereocenters. The predicted octanol–water partition coefficient (Wildman–Crippen LogP) is 4.75. The van der Waals surface area contributed by atoms with Crippen molar-refractivity contribution in [3.05, 3.63) is 64.0 Å². The topological polar surface area (TPSA) is 51.2 Å². The molecule has 1 aromatic heterocycles. The summed E-state index contributed by atoms with van der Waals surface area (Å²) in [5.41, 5.74) is 4.74. The van der Waals surface area contributed by atoms with Crippen LogP contribution in [0.2, 0.25) is 0 Å². The fourth-order valence-electron chi connectivity index (χ4n) is 2.65. The van der Waals surface area contributed by atoms with Gasteiger partial charge in [0.05, 0.1) is 16.4 Å². The van der Waals surface area contributed by atoms with E-state index in [1.807, 2.05) is 62.5 Å². The van der Waals surface area contributed by atoms with Gasteiger partial charge in [0, 0.05) is 10.9 Å². The minimum absolute atomic E-state index is 0.0344. The molecule has 0 aliphatic carbocycles. The molecule has 1 amide bonds. The van der Waals surface area contributed by atoms with E-state index in [9.17, 15) is 4.79 Å². The zero-order chi connectivity index (χ0) is 17.8. The minimum atomic E-state index is -0.196. The van der Waals surface area contributed by atoms with E-state index in [-0.39, 0.29) is 12.5 Å². The standard InChI is InChI=1S/C20H20N2O2S/c1-13-8-14(2)10-16(9-13)24-11-20(23)22-18-7-5-4-6-17(18)19-12-25-15(3)21-19/h4-10,12H,11H2,1-3H3,(H,22,23). The lowest BCUT2D eigenvalue weighted by molar-refractivity contribution is -0.118. The summed E-state index contributed by atoms with van der Waals surface area (Å²) in [6.07, 6.45) is 0. The molecule has 0 saturated carbocycles. The molecule has 0 bridgehead atoms. The molecule has 0 aliphatic heterocycles. The normalized spacial score (nSPS) is 10.5. The van der Waals surface area contributed by atoms with Crippen molar-refractivity contribution in [1.82, 2.24) is 4.98 Å². The van der Waals surface area contributed by atoms with E-state index in [2.05, 4.69) is 16.4 Å². The number of aromatic nitrogens is 1. The molecular weight excluding hydrogens is 332 g/mol. The van der Waals surface area contributed by atoms with Crippen molar-refractivity contribution in [3.8, 4) is 17.0 Å². The molecule has 2 aromatic carbocycles. The van der Waals surface area contributed by atoms with E-state index >= 15 is 0 Å². The summed E-state index contributed by atoms with van der Waals surface area (Å²) in [7, 11) is 0. The third-order valence-corrected chi connectivity index (χ3v) is 4.43. The number of nitrogens with zero attached hydrogens (tertiary/aromatic N) is 1. The second kappa shape index (κ2) is 7.49. The van der Waals surface area contributed by atoms with Gasteiger partial charge in [0.1, 0.15) is 5.75 Å². The maximum absolute atomic E-state index is 12.3. The first-order chi connectivity index (χ1) is 12.0. The Kier molecular flexibility index (Phi) is 5.14. The van der Waals surface area contributed by atoms with Crippen molar-refractivity contribution in [2.24, 2.45) is 0 Å². The van der Waals surface area contributed by atoms with Gasteiger partial charge in [0.2, 0.25) is 0 Å². The number of benzene rings is 2. The second-order valence-corrected chi connectivity index (χ2v) is 7.02. The third kappa shape index (κ3) is 4.45. The second-order valence-electron chi connectivity index (χ2n) is 5.96. The van der Waals surface area contributed by atoms with Crippen LogP contribution in [0.5, 0.6) is 5.75 Å². The average Bonchev–Trinajstić information content (AvgIpc) is 2.99. The summed E-state index contributed by atoms with van der Waals surface area (Å²) < 4.78 is 5.63. The molecule has 0 aliphatic rings. The van der Waals surface area contributed by atoms with E-state index in [1.165, 1.54) is 0 Å². The summed E-state index contributed by atoms with van der Waals surface area (Å²) in [6.45, 7) is 5.94. The van der Waals surface area contributed by atoms with Crippen molar-refractivity contribution in [2.75, 3.05) is 11.9 Å². The van der Waals surface area contributed by atoms with Crippen LogP contribution in [0.4, 0.5) is 5.69 Å². The van der Waals surface area contributed by atoms with Crippen molar-refractivity contribution < 1.29 is 9.53 Å². The predicted molar refractivity (Wildman–Crippen MR) is 102 cm³/mol. The van der Waals surface area contributed by atoms with Crippen LogP contribution in [0.1, 0.15) is 16.1 Å². The number of thiazole rings is 1. The van der Waals surface area contributed by atoms with Gasteiger partial charge >= 0.3 is 0 Å². The Balaban J connectivity index is 1.69. The lowest BCUT2D eigenvalue weighted by atomic mass is 10.1. The number of hydrogen-bond donors (Lipinski definition) is 1. The molecule has 0 atom stereocenters. The Morgan fingerprint density at radius 3 is 2.52 bits per heavy atom. The van der Waals surface area contributed by atoms with Crippen LogP contribution in [0, 0.1) is 20.8 Å². The van der Waals surface area contributed by atoms with E-state index in [1.54, 1.807) is 11.3 Å². The van der Waals surface area contributed by atoms with Crippen LogP contribution in [0.25, 0.3) is 11.3 Å². The molecular formula is C20H20N2O2S. The molecule has 5 heteroatoms. The minimum Gasteiger partial charge on any atom is -0.484 e. The van der Waals surface area contributed by atoms with Crippen molar-refractivity contribution in [2.45, 2.75) is 20.8 Å². The summed E-state index contributed by atoms with van der Waals surface area (Å²) in [4.78, 5) is 16.8. The van der Waals surface area contributed by atoms with Crippen molar-refractivity contribution in [1.29, 1.82) is 0 Å². The molecule has 4 nitrogen and oxygen atoms in total. The van der Waals surface area contributed by atoms with E-state index in [0.717, 1.165) is 33.1 Å². The summed E-state index contributed by atoms with van der Waals surface area (Å²) in [5.74, 6) is 0.509. The highest BCUT2D eigenvalue weighted by Gasteiger charge is 2.11. The number of para-hydroxylation sites is 1. The highest BCUT2D eigenvalue weighted by atomic mass is 32.1. The third-order valence-electron chi connectivity index (χ3n) is 3.66. The number of amides is 1. The van der Waals surface area contributed by atoms with Gasteiger partial charge in [0.15, 0.2) is 6.61 Å². The number of rotatable bonds is 5. The van der Waals surface area contributed by atoms with Gasteiger partial charge in [-0.2, -0.15) is 0 Å². The van der Waals surface area contributed by atoms with Crippen molar-refractivity contribution >= 4 is 22.9 Å². The quantitative estimate of drug-likeness (QED) is 0.721. The zero-order valence-electron chi connectivity index (χ0n) is 14.5. The van der Waals surface area contributed by atoms with Crippen LogP contribution in [0.15, 0.2) is 47.8 Å². The molecule has 0 fully saturated rings. The highest BCUT2D eigenvalue weighted by molar-refractivity contribution is 7.09. The number of carbonyl (C=O) groups excluding carboxylic acids is 1. The van der Waals surface area contributed by atoms with Gasteiger partial charge in [-0.3, -0.25) is 4.79 Å². The molecule has 0 spiro atoms. The molecule has 0 saturated heterocycles. The number of carbonyl (C=O) groups is 1. The summed E-state index contributed by atoms with van der Waals surface area (Å²) >= 11 is 1.59. The number of nitrogens with one attached hydrogen (secondary N) is 1. The van der Waals surface area contributed by atoms with E-state index in [0.29, 0.717) is 5.75 Å². The Hall–Kier alpha value is -2.66. The van der Waals surface area contributed by atoms with E-state index < -0.39 is 0 Å². The lowest BCUT2D eigenvalue weighted by Gasteiger charge is -2.11. The van der Waals surface area contributed by atoms with Gasteiger partial charge in [0.25, 0.3) is 5.91 Å². The molecule has 25 heavy (non-hydrogen) atoms. The number of aryl methyl sites for hydroxylation is 3. The van der Waals surface area contributed by atoms with Gasteiger partial charge in [-0.1, -0.05) is 24.3 Å². The molecule has 1 N–H and O–H groups in total. The summed E-state index contributed by atoms with van der Waals surface area (Å²) in [6, 6.07) is 13.6. The Labute approximate surface area is 151 Å². The molecule has 3 aromatic rings. The fraction of sp³-hybridized carbons (Fsp3) is 0.200. The van der Waals surface area contributed by atoms with Crippen LogP contribution in [-0.4, -0.2) is 17.5 Å². The molecule has 3 rings (SSSR count). The first kappa shape index (κ1) is 17.2. The molecule has 1 heterocycles. The van der Waals surface area contributed by atoms with Crippen molar-refractivity contribution in [3.63, 3.8) is 0 Å². The van der Waals surface area contributed by atoms with Crippen LogP contribution in [-0.2, 0) is 4.79 Å². The first-order valence-corrected chi connectivity index (χ1v) is 8.92. The lowest BCUT2D eigenvalue weighted by Crippen LogP contribution is -2.20. The average molecular weight is 352 g/mol. The van der Waals surface area contributed by atoms with Crippen LogP contribution in [0.3, 0.4) is 0 Å². The zero-order valence-corrected chi connectivity index (χ0v) is 15.3.